The Morgan fingerprint density at radius 1 is 1.38 bits per heavy atom. The lowest BCUT2D eigenvalue weighted by Crippen LogP contribution is -1.92. The van der Waals surface area contributed by atoms with E-state index in [1.165, 1.54) is 16.0 Å². The van der Waals surface area contributed by atoms with Gasteiger partial charge in [0.25, 0.3) is 0 Å². The smallest absolute Gasteiger partial charge is 0.0314 e. The van der Waals surface area contributed by atoms with Crippen LogP contribution < -0.4 is 0 Å². The zero-order valence-corrected chi connectivity index (χ0v) is 9.19. The second kappa shape index (κ2) is 5.07. The molecule has 0 N–H and O–H groups in total. The standard InChI is InChI=1S/C9H9NS.C2H6/c1-7-4-8-2-3-10-5-9(8)6-11-7;1-2/h2-5H,6H2,1H3;1-2H3. The minimum Gasteiger partial charge on any atom is -0.264 e. The fourth-order valence-electron chi connectivity index (χ4n) is 1.15. The highest BCUT2D eigenvalue weighted by molar-refractivity contribution is 8.02. The van der Waals surface area contributed by atoms with Gasteiger partial charge in [0.2, 0.25) is 0 Å². The molecule has 13 heavy (non-hydrogen) atoms. The molecule has 1 aliphatic rings. The molecule has 0 fully saturated rings. The molecule has 0 saturated carbocycles. The van der Waals surface area contributed by atoms with Crippen molar-refractivity contribution in [2.45, 2.75) is 26.5 Å². The third-order valence-corrected chi connectivity index (χ3v) is 2.78. The van der Waals surface area contributed by atoms with Gasteiger partial charge in [0.1, 0.15) is 0 Å². The Labute approximate surface area is 84.3 Å². The van der Waals surface area contributed by atoms with Crippen molar-refractivity contribution in [1.82, 2.24) is 4.98 Å². The quantitative estimate of drug-likeness (QED) is 0.623. The number of rotatable bonds is 0. The summed E-state index contributed by atoms with van der Waals surface area (Å²) in [5.41, 5.74) is 2.68. The van der Waals surface area contributed by atoms with Crippen LogP contribution in [0.15, 0.2) is 23.4 Å². The van der Waals surface area contributed by atoms with Crippen molar-refractivity contribution in [3.8, 4) is 0 Å². The van der Waals surface area contributed by atoms with Gasteiger partial charge in [-0.25, -0.2) is 0 Å². The lowest BCUT2D eigenvalue weighted by atomic mass is 10.1. The average molecular weight is 193 g/mol. The van der Waals surface area contributed by atoms with Crippen LogP contribution >= 0.6 is 11.8 Å². The zero-order chi connectivity index (χ0) is 9.68. The Kier molecular flexibility index (Phi) is 4.03. The number of hydrogen-bond acceptors (Lipinski definition) is 2. The molecule has 0 radical (unpaired) electrons. The van der Waals surface area contributed by atoms with Crippen LogP contribution in [0.2, 0.25) is 0 Å². The summed E-state index contributed by atoms with van der Waals surface area (Å²) in [4.78, 5) is 5.47. The highest BCUT2D eigenvalue weighted by Gasteiger charge is 2.06. The molecular weight excluding hydrogens is 178 g/mol. The molecular formula is C11H15NS. The van der Waals surface area contributed by atoms with Crippen molar-refractivity contribution < 1.29 is 0 Å². The first kappa shape index (κ1) is 10.3. The summed E-state index contributed by atoms with van der Waals surface area (Å²) in [5.74, 6) is 1.07. The normalized spacial score (nSPS) is 13.6. The number of allylic oxidation sites excluding steroid dienone is 1. The fraction of sp³-hybridized carbons (Fsp3) is 0.364. The maximum atomic E-state index is 4.08. The van der Waals surface area contributed by atoms with Crippen LogP contribution in [0.4, 0.5) is 0 Å². The van der Waals surface area contributed by atoms with Crippen molar-refractivity contribution in [3.05, 3.63) is 34.5 Å². The molecule has 0 atom stereocenters. The number of nitrogens with zero attached hydrogens (tertiary/aromatic N) is 1. The first-order valence-electron chi connectivity index (χ1n) is 4.60. The van der Waals surface area contributed by atoms with E-state index in [1.807, 2.05) is 38.0 Å². The predicted octanol–water partition coefficient (Wildman–Crippen LogP) is 3.72. The third kappa shape index (κ3) is 2.59. The second-order valence-electron chi connectivity index (χ2n) is 2.62. The summed E-state index contributed by atoms with van der Waals surface area (Å²) < 4.78 is 0. The van der Waals surface area contributed by atoms with E-state index in [0.717, 1.165) is 5.75 Å². The largest absolute Gasteiger partial charge is 0.264 e. The van der Waals surface area contributed by atoms with E-state index in [0.29, 0.717) is 0 Å². The van der Waals surface area contributed by atoms with Gasteiger partial charge in [0, 0.05) is 18.1 Å². The van der Waals surface area contributed by atoms with Crippen molar-refractivity contribution in [1.29, 1.82) is 0 Å². The van der Waals surface area contributed by atoms with E-state index in [1.54, 1.807) is 0 Å². The maximum Gasteiger partial charge on any atom is 0.0314 e. The molecule has 0 bridgehead atoms. The number of hydrogen-bond donors (Lipinski definition) is 0. The average Bonchev–Trinajstić information content (AvgIpc) is 2.21. The van der Waals surface area contributed by atoms with E-state index in [4.69, 9.17) is 0 Å². The Morgan fingerprint density at radius 3 is 2.92 bits per heavy atom. The van der Waals surface area contributed by atoms with Crippen molar-refractivity contribution in [3.63, 3.8) is 0 Å². The minimum absolute atomic E-state index is 1.07. The van der Waals surface area contributed by atoms with Crippen LogP contribution in [0, 0.1) is 0 Å². The Hall–Kier alpha value is -0.760. The molecule has 0 aromatic carbocycles. The van der Waals surface area contributed by atoms with E-state index in [2.05, 4.69) is 24.1 Å². The summed E-state index contributed by atoms with van der Waals surface area (Å²) in [5, 5.41) is 0. The molecule has 70 valence electrons. The highest BCUT2D eigenvalue weighted by atomic mass is 32.2. The Morgan fingerprint density at radius 2 is 2.15 bits per heavy atom. The van der Waals surface area contributed by atoms with Crippen molar-refractivity contribution >= 4 is 17.8 Å². The van der Waals surface area contributed by atoms with Gasteiger partial charge in [-0.1, -0.05) is 13.8 Å². The van der Waals surface area contributed by atoms with Crippen LogP contribution in [0.3, 0.4) is 0 Å². The number of pyridine rings is 1. The number of aromatic nitrogens is 1. The molecule has 2 heteroatoms. The summed E-state index contributed by atoms with van der Waals surface area (Å²) >= 11 is 1.88. The number of thioether (sulfide) groups is 1. The van der Waals surface area contributed by atoms with Gasteiger partial charge in [-0.05, 0) is 35.1 Å². The first-order chi connectivity index (χ1) is 6.36. The van der Waals surface area contributed by atoms with Crippen molar-refractivity contribution in [2.24, 2.45) is 0 Å². The predicted molar refractivity (Wildman–Crippen MR) is 60.5 cm³/mol. The fourth-order valence-corrected chi connectivity index (χ4v) is 1.99. The molecule has 1 aromatic rings. The van der Waals surface area contributed by atoms with Crippen LogP contribution in [0.1, 0.15) is 31.9 Å². The zero-order valence-electron chi connectivity index (χ0n) is 8.37. The topological polar surface area (TPSA) is 12.9 Å². The van der Waals surface area contributed by atoms with Crippen LogP contribution in [-0.2, 0) is 5.75 Å². The van der Waals surface area contributed by atoms with Gasteiger partial charge in [0.15, 0.2) is 0 Å². The maximum absolute atomic E-state index is 4.08. The molecule has 2 heterocycles. The summed E-state index contributed by atoms with van der Waals surface area (Å²) in [6.45, 7) is 6.15. The van der Waals surface area contributed by atoms with Crippen molar-refractivity contribution in [2.75, 3.05) is 0 Å². The van der Waals surface area contributed by atoms with E-state index in [9.17, 15) is 0 Å². The third-order valence-electron chi connectivity index (χ3n) is 1.76. The van der Waals surface area contributed by atoms with Gasteiger partial charge < -0.3 is 0 Å². The monoisotopic (exact) mass is 193 g/mol. The van der Waals surface area contributed by atoms with Crippen LogP contribution in [0.25, 0.3) is 6.08 Å². The van der Waals surface area contributed by atoms with E-state index < -0.39 is 0 Å². The van der Waals surface area contributed by atoms with Gasteiger partial charge in [-0.3, -0.25) is 4.98 Å². The number of fused-ring (bicyclic) bond motifs is 1. The lowest BCUT2D eigenvalue weighted by Gasteiger charge is -2.11. The molecule has 1 aliphatic heterocycles. The molecule has 0 saturated heterocycles. The van der Waals surface area contributed by atoms with Crippen LogP contribution in [-0.4, -0.2) is 4.98 Å². The highest BCUT2D eigenvalue weighted by Crippen LogP contribution is 2.30. The van der Waals surface area contributed by atoms with Gasteiger partial charge in [-0.2, -0.15) is 0 Å². The van der Waals surface area contributed by atoms with E-state index >= 15 is 0 Å². The molecule has 1 nitrogen and oxygen atoms in total. The second-order valence-corrected chi connectivity index (χ2v) is 3.84. The SMILES string of the molecule is CC.CC1=Cc2ccncc2CS1. The van der Waals surface area contributed by atoms with Gasteiger partial charge in [-0.15, -0.1) is 11.8 Å². The first-order valence-corrected chi connectivity index (χ1v) is 5.59. The molecule has 0 spiro atoms. The molecule has 0 amide bonds. The van der Waals surface area contributed by atoms with Crippen LogP contribution in [0.5, 0.6) is 0 Å². The molecule has 1 aromatic heterocycles. The van der Waals surface area contributed by atoms with E-state index in [-0.39, 0.29) is 0 Å². The summed E-state index contributed by atoms with van der Waals surface area (Å²) in [6, 6.07) is 2.07. The minimum atomic E-state index is 1.07. The lowest BCUT2D eigenvalue weighted by molar-refractivity contribution is 1.23. The Balaban J connectivity index is 0.000000396. The van der Waals surface area contributed by atoms with Gasteiger partial charge >= 0.3 is 0 Å². The molecule has 0 aliphatic carbocycles. The Bertz CT molecular complexity index is 305. The molecule has 2 rings (SSSR count). The van der Waals surface area contributed by atoms with Gasteiger partial charge in [0.05, 0.1) is 0 Å². The molecule has 0 unspecified atom stereocenters. The summed E-state index contributed by atoms with van der Waals surface area (Å²) in [7, 11) is 0. The summed E-state index contributed by atoms with van der Waals surface area (Å²) in [6.07, 6.45) is 6.01.